The summed E-state index contributed by atoms with van der Waals surface area (Å²) in [5.74, 6) is 0.338. The molecule has 1 aliphatic heterocycles. The predicted molar refractivity (Wildman–Crippen MR) is 107 cm³/mol. The second-order valence-corrected chi connectivity index (χ2v) is 9.62. The molecule has 0 aromatic carbocycles. The molecule has 3 rings (SSSR count). The summed E-state index contributed by atoms with van der Waals surface area (Å²) in [6, 6.07) is -0.380. The van der Waals surface area contributed by atoms with Crippen LogP contribution in [0.3, 0.4) is 0 Å². The summed E-state index contributed by atoms with van der Waals surface area (Å²) < 4.78 is 0. The third-order valence-electron chi connectivity index (χ3n) is 7.71. The van der Waals surface area contributed by atoms with Gasteiger partial charge in [0, 0.05) is 6.04 Å². The van der Waals surface area contributed by atoms with Crippen molar-refractivity contribution < 1.29 is 14.4 Å². The third kappa shape index (κ3) is 3.91. The molecule has 158 valence electrons. The van der Waals surface area contributed by atoms with Crippen LogP contribution >= 0.6 is 0 Å². The van der Waals surface area contributed by atoms with Crippen molar-refractivity contribution in [1.29, 1.82) is 0 Å². The molecule has 3 fully saturated rings. The minimum Gasteiger partial charge on any atom is -0.351 e. The van der Waals surface area contributed by atoms with Gasteiger partial charge < -0.3 is 16.4 Å². The van der Waals surface area contributed by atoms with E-state index in [4.69, 9.17) is 5.73 Å². The smallest absolute Gasteiger partial charge is 0.325 e. The SMILES string of the molecule is CCC(C)(C)C1CCC2(CC1)NC(=O)N(CC(=O)NC1CCCC1CN)C2=O. The van der Waals surface area contributed by atoms with E-state index in [9.17, 15) is 14.4 Å². The van der Waals surface area contributed by atoms with E-state index < -0.39 is 11.6 Å². The molecular formula is C21H36N4O3. The molecule has 7 heteroatoms. The molecule has 4 N–H and O–H groups in total. The summed E-state index contributed by atoms with van der Waals surface area (Å²) >= 11 is 0. The summed E-state index contributed by atoms with van der Waals surface area (Å²) in [4.78, 5) is 39.1. The van der Waals surface area contributed by atoms with Crippen molar-refractivity contribution in [1.82, 2.24) is 15.5 Å². The van der Waals surface area contributed by atoms with Gasteiger partial charge in [-0.15, -0.1) is 0 Å². The maximum Gasteiger partial charge on any atom is 0.325 e. The number of carbonyl (C=O) groups excluding carboxylic acids is 3. The number of hydrogen-bond acceptors (Lipinski definition) is 4. The van der Waals surface area contributed by atoms with Gasteiger partial charge >= 0.3 is 6.03 Å². The van der Waals surface area contributed by atoms with E-state index in [0.29, 0.717) is 25.3 Å². The van der Waals surface area contributed by atoms with Gasteiger partial charge in [-0.3, -0.25) is 14.5 Å². The van der Waals surface area contributed by atoms with Gasteiger partial charge in [0.1, 0.15) is 12.1 Å². The average molecular weight is 393 g/mol. The highest BCUT2D eigenvalue weighted by molar-refractivity contribution is 6.09. The zero-order valence-corrected chi connectivity index (χ0v) is 17.6. The summed E-state index contributed by atoms with van der Waals surface area (Å²) in [6.45, 7) is 7.10. The summed E-state index contributed by atoms with van der Waals surface area (Å²) in [7, 11) is 0. The molecule has 2 saturated carbocycles. The quantitative estimate of drug-likeness (QED) is 0.602. The van der Waals surface area contributed by atoms with Gasteiger partial charge in [-0.1, -0.05) is 33.6 Å². The van der Waals surface area contributed by atoms with Crippen LogP contribution in [0, 0.1) is 17.3 Å². The van der Waals surface area contributed by atoms with Crippen molar-refractivity contribution in [3.8, 4) is 0 Å². The number of rotatable bonds is 6. The largest absolute Gasteiger partial charge is 0.351 e. The van der Waals surface area contributed by atoms with E-state index in [1.165, 1.54) is 0 Å². The van der Waals surface area contributed by atoms with E-state index in [1.54, 1.807) is 0 Å². The summed E-state index contributed by atoms with van der Waals surface area (Å²) in [6.07, 6.45) is 7.23. The minimum atomic E-state index is -0.815. The summed E-state index contributed by atoms with van der Waals surface area (Å²) in [5, 5.41) is 5.90. The number of amides is 4. The Bertz CT molecular complexity index is 625. The second kappa shape index (κ2) is 8.01. The highest BCUT2D eigenvalue weighted by atomic mass is 16.2. The Morgan fingerprint density at radius 2 is 1.93 bits per heavy atom. The standard InChI is InChI=1S/C21H36N4O3/c1-4-20(2,3)15-8-10-21(11-9-15)18(27)25(19(28)24-21)13-17(26)23-16-7-5-6-14(16)12-22/h14-16H,4-13,22H2,1-3H3,(H,23,26)(H,24,28). The first-order chi connectivity index (χ1) is 13.2. The number of urea groups is 1. The van der Waals surface area contributed by atoms with E-state index in [-0.39, 0.29) is 35.7 Å². The van der Waals surface area contributed by atoms with E-state index in [1.807, 2.05) is 0 Å². The molecule has 28 heavy (non-hydrogen) atoms. The molecule has 1 spiro atoms. The fourth-order valence-electron chi connectivity index (χ4n) is 5.24. The lowest BCUT2D eigenvalue weighted by molar-refractivity contribution is -0.136. The molecule has 1 saturated heterocycles. The van der Waals surface area contributed by atoms with Crippen LogP contribution in [0.5, 0.6) is 0 Å². The lowest BCUT2D eigenvalue weighted by Crippen LogP contribution is -2.51. The Balaban J connectivity index is 1.59. The van der Waals surface area contributed by atoms with Gasteiger partial charge in [0.2, 0.25) is 5.91 Å². The van der Waals surface area contributed by atoms with Gasteiger partial charge in [-0.05, 0) is 62.3 Å². The predicted octanol–water partition coefficient (Wildman–Crippen LogP) is 2.15. The Hall–Kier alpha value is -1.63. The van der Waals surface area contributed by atoms with E-state index >= 15 is 0 Å². The fourth-order valence-corrected chi connectivity index (χ4v) is 5.24. The van der Waals surface area contributed by atoms with E-state index in [2.05, 4.69) is 31.4 Å². The number of nitrogens with two attached hydrogens (primary N) is 1. The van der Waals surface area contributed by atoms with Crippen LogP contribution in [0.2, 0.25) is 0 Å². The Morgan fingerprint density at radius 1 is 1.25 bits per heavy atom. The molecule has 2 unspecified atom stereocenters. The fraction of sp³-hybridized carbons (Fsp3) is 0.857. The Morgan fingerprint density at radius 3 is 2.54 bits per heavy atom. The topological polar surface area (TPSA) is 105 Å². The van der Waals surface area contributed by atoms with Gasteiger partial charge in [0.15, 0.2) is 0 Å². The van der Waals surface area contributed by atoms with Crippen molar-refractivity contribution in [2.75, 3.05) is 13.1 Å². The van der Waals surface area contributed by atoms with Gasteiger partial charge in [-0.2, -0.15) is 0 Å². The zero-order chi connectivity index (χ0) is 20.5. The van der Waals surface area contributed by atoms with Crippen LogP contribution < -0.4 is 16.4 Å². The lowest BCUT2D eigenvalue weighted by Gasteiger charge is -2.42. The van der Waals surface area contributed by atoms with E-state index in [0.717, 1.165) is 43.4 Å². The number of carbonyl (C=O) groups is 3. The van der Waals surface area contributed by atoms with Crippen molar-refractivity contribution >= 4 is 17.8 Å². The first-order valence-corrected chi connectivity index (χ1v) is 10.9. The number of hydrogen-bond donors (Lipinski definition) is 3. The molecule has 2 aliphatic carbocycles. The van der Waals surface area contributed by atoms with Crippen LogP contribution in [0.15, 0.2) is 0 Å². The zero-order valence-electron chi connectivity index (χ0n) is 17.6. The first-order valence-electron chi connectivity index (χ1n) is 10.9. The van der Waals surface area contributed by atoms with Crippen LogP contribution in [-0.4, -0.2) is 47.4 Å². The van der Waals surface area contributed by atoms with Crippen molar-refractivity contribution in [3.05, 3.63) is 0 Å². The number of nitrogens with zero attached hydrogens (tertiary/aromatic N) is 1. The van der Waals surface area contributed by atoms with Gasteiger partial charge in [0.25, 0.3) is 5.91 Å². The maximum atomic E-state index is 13.1. The molecule has 4 amide bonds. The number of imide groups is 1. The molecule has 0 bridgehead atoms. The highest BCUT2D eigenvalue weighted by Gasteiger charge is 2.53. The molecule has 0 radical (unpaired) electrons. The molecular weight excluding hydrogens is 356 g/mol. The highest BCUT2D eigenvalue weighted by Crippen LogP contribution is 2.45. The van der Waals surface area contributed by atoms with Crippen LogP contribution in [0.4, 0.5) is 4.79 Å². The average Bonchev–Trinajstić information content (AvgIpc) is 3.20. The molecule has 0 aromatic rings. The lowest BCUT2D eigenvalue weighted by atomic mass is 9.65. The molecule has 2 atom stereocenters. The van der Waals surface area contributed by atoms with Gasteiger partial charge in [-0.25, -0.2) is 4.79 Å². The van der Waals surface area contributed by atoms with Crippen molar-refractivity contribution in [3.63, 3.8) is 0 Å². The van der Waals surface area contributed by atoms with Gasteiger partial charge in [0.05, 0.1) is 0 Å². The minimum absolute atomic E-state index is 0.0546. The Labute approximate surface area is 168 Å². The Kier molecular flexibility index (Phi) is 6.03. The number of nitrogens with one attached hydrogen (secondary N) is 2. The second-order valence-electron chi connectivity index (χ2n) is 9.62. The third-order valence-corrected chi connectivity index (χ3v) is 7.71. The van der Waals surface area contributed by atoms with Crippen molar-refractivity contribution in [2.45, 2.75) is 83.7 Å². The first kappa shape index (κ1) is 21.1. The van der Waals surface area contributed by atoms with Crippen LogP contribution in [0.1, 0.15) is 72.1 Å². The molecule has 3 aliphatic rings. The van der Waals surface area contributed by atoms with Crippen LogP contribution in [-0.2, 0) is 9.59 Å². The normalized spacial score (nSPS) is 33.4. The van der Waals surface area contributed by atoms with Crippen molar-refractivity contribution in [2.24, 2.45) is 23.0 Å². The maximum absolute atomic E-state index is 13.1. The molecule has 0 aromatic heterocycles. The monoisotopic (exact) mass is 392 g/mol. The molecule has 7 nitrogen and oxygen atoms in total. The van der Waals surface area contributed by atoms with Crippen LogP contribution in [0.25, 0.3) is 0 Å². The molecule has 1 heterocycles. The summed E-state index contributed by atoms with van der Waals surface area (Å²) in [5.41, 5.74) is 5.20.